The van der Waals surface area contributed by atoms with Gasteiger partial charge in [0.1, 0.15) is 0 Å². The quantitative estimate of drug-likeness (QED) is 0.179. The number of thiophene rings is 1. The second kappa shape index (κ2) is 11.7. The third-order valence-electron chi connectivity index (χ3n) is 9.97. The van der Waals surface area contributed by atoms with E-state index in [1.165, 1.54) is 74.7 Å². The zero-order valence-electron chi connectivity index (χ0n) is 27.3. The number of fused-ring (bicyclic) bond motifs is 7. The number of hydrogen-bond donors (Lipinski definition) is 0. The maximum Gasteiger partial charge on any atom is 0.0468 e. The molecule has 0 fully saturated rings. The third kappa shape index (κ3) is 4.84. The summed E-state index contributed by atoms with van der Waals surface area (Å²) in [5.41, 5.74) is 8.26. The van der Waals surface area contributed by atoms with E-state index in [2.05, 4.69) is 193 Å². The van der Waals surface area contributed by atoms with E-state index in [4.69, 9.17) is 0 Å². The number of rotatable bonds is 5. The number of nitrogens with zero attached hydrogens (tertiary/aromatic N) is 1. The first-order valence-corrected chi connectivity index (χ1v) is 17.9. The van der Waals surface area contributed by atoms with Crippen molar-refractivity contribution < 1.29 is 0 Å². The fourth-order valence-corrected chi connectivity index (χ4v) is 8.83. The molecule has 0 saturated carbocycles. The van der Waals surface area contributed by atoms with Crippen molar-refractivity contribution in [1.82, 2.24) is 0 Å². The van der Waals surface area contributed by atoms with Crippen molar-refractivity contribution in [3.63, 3.8) is 0 Å². The molecule has 10 aromatic rings. The van der Waals surface area contributed by atoms with E-state index in [1.54, 1.807) is 0 Å². The average molecular weight is 654 g/mol. The smallest absolute Gasteiger partial charge is 0.0468 e. The molecule has 0 spiro atoms. The van der Waals surface area contributed by atoms with Gasteiger partial charge in [-0.1, -0.05) is 133 Å². The lowest BCUT2D eigenvalue weighted by Crippen LogP contribution is -2.10. The van der Waals surface area contributed by atoms with Gasteiger partial charge in [0.2, 0.25) is 0 Å². The highest BCUT2D eigenvalue weighted by Gasteiger charge is 2.18. The van der Waals surface area contributed by atoms with E-state index < -0.39 is 0 Å². The summed E-state index contributed by atoms with van der Waals surface area (Å²) in [6.07, 6.45) is 0. The fraction of sp³-hybridized carbons (Fsp3) is 0. The highest BCUT2D eigenvalue weighted by atomic mass is 32.1. The van der Waals surface area contributed by atoms with Crippen LogP contribution in [0.5, 0.6) is 0 Å². The molecule has 0 atom stereocenters. The van der Waals surface area contributed by atoms with E-state index in [-0.39, 0.29) is 0 Å². The molecule has 9 aromatic carbocycles. The summed E-state index contributed by atoms with van der Waals surface area (Å²) in [6, 6.07) is 68.7. The Bertz CT molecular complexity index is 2870. The van der Waals surface area contributed by atoms with E-state index in [0.29, 0.717) is 0 Å². The number of anilines is 3. The van der Waals surface area contributed by atoms with Crippen molar-refractivity contribution in [3.8, 4) is 22.3 Å². The first-order chi connectivity index (χ1) is 24.8. The van der Waals surface area contributed by atoms with Crippen molar-refractivity contribution in [2.75, 3.05) is 4.90 Å². The maximum absolute atomic E-state index is 2.40. The van der Waals surface area contributed by atoms with Gasteiger partial charge in [0.15, 0.2) is 0 Å². The molecule has 0 aliphatic heterocycles. The van der Waals surface area contributed by atoms with Crippen LogP contribution in [0.3, 0.4) is 0 Å². The third-order valence-corrected chi connectivity index (χ3v) is 11.2. The number of benzene rings is 9. The van der Waals surface area contributed by atoms with Gasteiger partial charge in [0.25, 0.3) is 0 Å². The van der Waals surface area contributed by atoms with Crippen molar-refractivity contribution in [2.24, 2.45) is 0 Å². The Morgan fingerprint density at radius 3 is 1.74 bits per heavy atom. The first kappa shape index (κ1) is 28.8. The molecule has 0 saturated heterocycles. The minimum Gasteiger partial charge on any atom is -0.310 e. The van der Waals surface area contributed by atoms with Gasteiger partial charge in [-0.05, 0) is 109 Å². The summed E-state index contributed by atoms with van der Waals surface area (Å²) in [6.45, 7) is 0. The lowest BCUT2D eigenvalue weighted by molar-refractivity contribution is 1.29. The largest absolute Gasteiger partial charge is 0.310 e. The molecule has 234 valence electrons. The van der Waals surface area contributed by atoms with Crippen LogP contribution in [0.4, 0.5) is 17.1 Å². The summed E-state index contributed by atoms with van der Waals surface area (Å²) in [5, 5.41) is 10.2. The predicted molar refractivity (Wildman–Crippen MR) is 217 cm³/mol. The molecule has 50 heavy (non-hydrogen) atoms. The van der Waals surface area contributed by atoms with E-state index >= 15 is 0 Å². The van der Waals surface area contributed by atoms with Gasteiger partial charge in [0.05, 0.1) is 0 Å². The summed E-state index contributed by atoms with van der Waals surface area (Å²) in [4.78, 5) is 2.39. The molecular weight excluding hydrogens is 623 g/mol. The molecule has 0 N–H and O–H groups in total. The van der Waals surface area contributed by atoms with Crippen molar-refractivity contribution >= 4 is 80.9 Å². The van der Waals surface area contributed by atoms with Crippen LogP contribution < -0.4 is 4.90 Å². The molecule has 0 radical (unpaired) electrons. The molecule has 0 bridgehead atoms. The Labute approximate surface area is 294 Å². The fourth-order valence-electron chi connectivity index (χ4n) is 7.53. The van der Waals surface area contributed by atoms with E-state index in [1.807, 2.05) is 11.3 Å². The van der Waals surface area contributed by atoms with Gasteiger partial charge < -0.3 is 4.90 Å². The van der Waals surface area contributed by atoms with E-state index in [9.17, 15) is 0 Å². The highest BCUT2D eigenvalue weighted by Crippen LogP contribution is 2.46. The van der Waals surface area contributed by atoms with Crippen LogP contribution in [0.2, 0.25) is 0 Å². The van der Waals surface area contributed by atoms with Crippen LogP contribution in [0.15, 0.2) is 188 Å². The molecule has 1 aromatic heterocycles. The molecule has 1 heterocycles. The summed E-state index contributed by atoms with van der Waals surface area (Å²) >= 11 is 1.91. The standard InChI is InChI=1S/C48H31NS/c1-2-11-32(12-3-1)34-21-24-40(25-22-34)49(42-26-23-33-13-4-5-14-35(33)27-42)41-19-10-18-38(28-41)44-30-39-17-8-9-20-43(39)48-47(44)45-29-36-15-6-7-16-37(36)31-46(45)50-48/h1-31H. The van der Waals surface area contributed by atoms with Gasteiger partial charge in [-0.15, -0.1) is 11.3 Å². The number of hydrogen-bond acceptors (Lipinski definition) is 2. The summed E-state index contributed by atoms with van der Waals surface area (Å²) in [5.74, 6) is 0. The second-order valence-electron chi connectivity index (χ2n) is 13.0. The summed E-state index contributed by atoms with van der Waals surface area (Å²) in [7, 11) is 0. The van der Waals surface area contributed by atoms with Gasteiger partial charge in [0, 0.05) is 37.2 Å². The van der Waals surface area contributed by atoms with Crippen LogP contribution in [-0.4, -0.2) is 0 Å². The van der Waals surface area contributed by atoms with Crippen LogP contribution in [0, 0.1) is 0 Å². The van der Waals surface area contributed by atoms with E-state index in [0.717, 1.165) is 17.1 Å². The minimum atomic E-state index is 1.12. The lowest BCUT2D eigenvalue weighted by Gasteiger charge is -2.26. The second-order valence-corrected chi connectivity index (χ2v) is 14.0. The molecular formula is C48H31NS. The Hall–Kier alpha value is -6.22. The highest BCUT2D eigenvalue weighted by molar-refractivity contribution is 7.26. The average Bonchev–Trinajstić information content (AvgIpc) is 3.56. The zero-order valence-corrected chi connectivity index (χ0v) is 28.1. The predicted octanol–water partition coefficient (Wildman–Crippen LogP) is 14.3. The summed E-state index contributed by atoms with van der Waals surface area (Å²) < 4.78 is 2.67. The molecule has 0 unspecified atom stereocenters. The SMILES string of the molecule is c1ccc(-c2ccc(N(c3cccc(-c4cc5ccccc5c5sc6cc7ccccc7cc6c45)c3)c3ccc4ccccc4c3)cc2)cc1. The van der Waals surface area contributed by atoms with Crippen molar-refractivity contribution in [3.05, 3.63) is 188 Å². The maximum atomic E-state index is 2.40. The lowest BCUT2D eigenvalue weighted by atomic mass is 9.94. The van der Waals surface area contributed by atoms with Gasteiger partial charge >= 0.3 is 0 Å². The topological polar surface area (TPSA) is 3.24 Å². The molecule has 1 nitrogen and oxygen atoms in total. The van der Waals surface area contributed by atoms with Crippen molar-refractivity contribution in [2.45, 2.75) is 0 Å². The van der Waals surface area contributed by atoms with Crippen molar-refractivity contribution in [1.29, 1.82) is 0 Å². The molecule has 2 heteroatoms. The molecule has 0 aliphatic rings. The monoisotopic (exact) mass is 653 g/mol. The van der Waals surface area contributed by atoms with Gasteiger partial charge in [-0.2, -0.15) is 0 Å². The Kier molecular flexibility index (Phi) is 6.75. The molecule has 0 amide bonds. The Morgan fingerprint density at radius 2 is 0.940 bits per heavy atom. The normalized spacial score (nSPS) is 11.6. The first-order valence-electron chi connectivity index (χ1n) is 17.1. The van der Waals surface area contributed by atoms with Gasteiger partial charge in [-0.25, -0.2) is 0 Å². The minimum absolute atomic E-state index is 1.12. The van der Waals surface area contributed by atoms with Crippen LogP contribution in [0.1, 0.15) is 0 Å². The Balaban J connectivity index is 1.19. The Morgan fingerprint density at radius 1 is 0.340 bits per heavy atom. The molecule has 10 rings (SSSR count). The zero-order chi connectivity index (χ0) is 33.0. The van der Waals surface area contributed by atoms with Gasteiger partial charge in [-0.3, -0.25) is 0 Å². The van der Waals surface area contributed by atoms with Crippen LogP contribution in [0.25, 0.3) is 74.7 Å². The molecule has 0 aliphatic carbocycles. The van der Waals surface area contributed by atoms with Crippen LogP contribution >= 0.6 is 11.3 Å². The van der Waals surface area contributed by atoms with Crippen LogP contribution in [-0.2, 0) is 0 Å².